The van der Waals surface area contributed by atoms with E-state index < -0.39 is 0 Å². The van der Waals surface area contributed by atoms with Gasteiger partial charge in [0.2, 0.25) is 5.88 Å². The monoisotopic (exact) mass is 160 g/mol. The van der Waals surface area contributed by atoms with Crippen molar-refractivity contribution in [1.82, 2.24) is 5.16 Å². The number of anilines is 1. The van der Waals surface area contributed by atoms with E-state index in [1.165, 1.54) is 0 Å². The maximum atomic E-state index is 5.54. The molecule has 0 atom stereocenters. The molecular formula is C9H8N2O. The summed E-state index contributed by atoms with van der Waals surface area (Å²) in [6.07, 6.45) is 1.62. The highest BCUT2D eigenvalue weighted by Gasteiger charge is 2.04. The molecule has 0 aliphatic carbocycles. The van der Waals surface area contributed by atoms with Crippen molar-refractivity contribution in [2.45, 2.75) is 0 Å². The van der Waals surface area contributed by atoms with Crippen LogP contribution in [0.3, 0.4) is 0 Å². The number of hydrogen-bond donors (Lipinski definition) is 1. The van der Waals surface area contributed by atoms with E-state index in [9.17, 15) is 0 Å². The number of hydrogen-bond acceptors (Lipinski definition) is 3. The molecule has 0 fully saturated rings. The molecule has 1 aromatic carbocycles. The van der Waals surface area contributed by atoms with Crippen LogP contribution in [-0.2, 0) is 0 Å². The van der Waals surface area contributed by atoms with E-state index in [-0.39, 0.29) is 0 Å². The lowest BCUT2D eigenvalue weighted by atomic mass is 10.1. The lowest BCUT2D eigenvalue weighted by Crippen LogP contribution is -1.83. The van der Waals surface area contributed by atoms with Crippen molar-refractivity contribution >= 4 is 5.88 Å². The topological polar surface area (TPSA) is 52.0 Å². The SMILES string of the molecule is Nc1oncc1-c1ccccc1. The Labute approximate surface area is 69.8 Å². The highest BCUT2D eigenvalue weighted by atomic mass is 16.5. The smallest absolute Gasteiger partial charge is 0.229 e. The van der Waals surface area contributed by atoms with Crippen LogP contribution in [0.15, 0.2) is 41.1 Å². The minimum atomic E-state index is 0.362. The quantitative estimate of drug-likeness (QED) is 0.693. The molecule has 0 saturated heterocycles. The lowest BCUT2D eigenvalue weighted by Gasteiger charge is -1.94. The number of nitrogens with zero attached hydrogens (tertiary/aromatic N) is 1. The van der Waals surface area contributed by atoms with Crippen LogP contribution in [0.2, 0.25) is 0 Å². The minimum Gasteiger partial charge on any atom is -0.367 e. The third-order valence-electron chi connectivity index (χ3n) is 1.68. The van der Waals surface area contributed by atoms with E-state index in [0.29, 0.717) is 5.88 Å². The molecule has 0 spiro atoms. The number of benzene rings is 1. The first-order valence-corrected chi connectivity index (χ1v) is 3.63. The maximum absolute atomic E-state index is 5.54. The fourth-order valence-corrected chi connectivity index (χ4v) is 1.08. The summed E-state index contributed by atoms with van der Waals surface area (Å²) in [4.78, 5) is 0. The molecule has 1 heterocycles. The van der Waals surface area contributed by atoms with Gasteiger partial charge >= 0.3 is 0 Å². The molecular weight excluding hydrogens is 152 g/mol. The Bertz CT molecular complexity index is 367. The average Bonchev–Trinajstić information content (AvgIpc) is 2.53. The summed E-state index contributed by atoms with van der Waals surface area (Å²) in [5, 5.41) is 3.60. The van der Waals surface area contributed by atoms with Gasteiger partial charge in [-0.15, -0.1) is 0 Å². The van der Waals surface area contributed by atoms with Crippen LogP contribution >= 0.6 is 0 Å². The average molecular weight is 160 g/mol. The first-order chi connectivity index (χ1) is 5.88. The number of rotatable bonds is 1. The second-order valence-electron chi connectivity index (χ2n) is 2.47. The van der Waals surface area contributed by atoms with Crippen LogP contribution in [0.4, 0.5) is 5.88 Å². The first-order valence-electron chi connectivity index (χ1n) is 3.63. The zero-order valence-corrected chi connectivity index (χ0v) is 6.40. The summed E-state index contributed by atoms with van der Waals surface area (Å²) in [5.41, 5.74) is 7.41. The van der Waals surface area contributed by atoms with Crippen LogP contribution in [-0.4, -0.2) is 5.16 Å². The van der Waals surface area contributed by atoms with Crippen LogP contribution < -0.4 is 5.73 Å². The highest BCUT2D eigenvalue weighted by Crippen LogP contribution is 2.24. The molecule has 0 aliphatic rings. The largest absolute Gasteiger partial charge is 0.367 e. The molecule has 0 bridgehead atoms. The molecule has 12 heavy (non-hydrogen) atoms. The number of aromatic nitrogens is 1. The zero-order valence-electron chi connectivity index (χ0n) is 6.40. The van der Waals surface area contributed by atoms with E-state index in [1.807, 2.05) is 30.3 Å². The normalized spacial score (nSPS) is 10.0. The van der Waals surface area contributed by atoms with Gasteiger partial charge in [-0.05, 0) is 5.56 Å². The Morgan fingerprint density at radius 1 is 1.17 bits per heavy atom. The maximum Gasteiger partial charge on any atom is 0.229 e. The third-order valence-corrected chi connectivity index (χ3v) is 1.68. The molecule has 0 saturated carbocycles. The molecule has 2 aromatic rings. The fourth-order valence-electron chi connectivity index (χ4n) is 1.08. The van der Waals surface area contributed by atoms with E-state index in [0.717, 1.165) is 11.1 Å². The van der Waals surface area contributed by atoms with Gasteiger partial charge < -0.3 is 10.3 Å². The van der Waals surface area contributed by atoms with Gasteiger partial charge in [-0.2, -0.15) is 0 Å². The molecule has 0 aliphatic heterocycles. The Balaban J connectivity index is 2.51. The van der Waals surface area contributed by atoms with Crippen molar-refractivity contribution in [2.24, 2.45) is 0 Å². The van der Waals surface area contributed by atoms with Crippen molar-refractivity contribution in [3.63, 3.8) is 0 Å². The second kappa shape index (κ2) is 2.70. The highest BCUT2D eigenvalue weighted by molar-refractivity contribution is 5.71. The van der Waals surface area contributed by atoms with Gasteiger partial charge in [0.25, 0.3) is 0 Å². The van der Waals surface area contributed by atoms with Crippen LogP contribution in [0.5, 0.6) is 0 Å². The Hall–Kier alpha value is -1.77. The van der Waals surface area contributed by atoms with Gasteiger partial charge in [0.15, 0.2) is 0 Å². The van der Waals surface area contributed by atoms with Gasteiger partial charge in [0.05, 0.1) is 11.8 Å². The number of nitrogen functional groups attached to an aromatic ring is 1. The predicted octanol–water partition coefficient (Wildman–Crippen LogP) is 1.92. The zero-order chi connectivity index (χ0) is 8.39. The van der Waals surface area contributed by atoms with Crippen molar-refractivity contribution in [1.29, 1.82) is 0 Å². The Morgan fingerprint density at radius 3 is 2.50 bits per heavy atom. The van der Waals surface area contributed by atoms with Gasteiger partial charge in [-0.1, -0.05) is 35.5 Å². The van der Waals surface area contributed by atoms with Gasteiger partial charge in [-0.25, -0.2) is 0 Å². The fraction of sp³-hybridized carbons (Fsp3) is 0. The molecule has 0 radical (unpaired) electrons. The van der Waals surface area contributed by atoms with Crippen molar-refractivity contribution in [2.75, 3.05) is 5.73 Å². The summed E-state index contributed by atoms with van der Waals surface area (Å²) in [6.45, 7) is 0. The third kappa shape index (κ3) is 1.05. The summed E-state index contributed by atoms with van der Waals surface area (Å²) >= 11 is 0. The molecule has 3 nitrogen and oxygen atoms in total. The molecule has 2 N–H and O–H groups in total. The standard InChI is InChI=1S/C9H8N2O/c10-9-8(6-11-12-9)7-4-2-1-3-5-7/h1-6H,10H2. The first kappa shape index (κ1) is 6.91. The van der Waals surface area contributed by atoms with Gasteiger partial charge in [0.1, 0.15) is 0 Å². The molecule has 60 valence electrons. The summed E-state index contributed by atoms with van der Waals surface area (Å²) in [5.74, 6) is 0.362. The Kier molecular flexibility index (Phi) is 1.55. The summed E-state index contributed by atoms with van der Waals surface area (Å²) in [7, 11) is 0. The summed E-state index contributed by atoms with van der Waals surface area (Å²) < 4.78 is 4.75. The van der Waals surface area contributed by atoms with Crippen molar-refractivity contribution in [3.05, 3.63) is 36.5 Å². The lowest BCUT2D eigenvalue weighted by molar-refractivity contribution is 0.436. The van der Waals surface area contributed by atoms with Crippen LogP contribution in [0.1, 0.15) is 0 Å². The van der Waals surface area contributed by atoms with Gasteiger partial charge in [-0.3, -0.25) is 0 Å². The van der Waals surface area contributed by atoms with E-state index >= 15 is 0 Å². The van der Waals surface area contributed by atoms with E-state index in [4.69, 9.17) is 10.3 Å². The van der Waals surface area contributed by atoms with Crippen molar-refractivity contribution in [3.8, 4) is 11.1 Å². The molecule has 0 unspecified atom stereocenters. The molecule has 3 heteroatoms. The van der Waals surface area contributed by atoms with Crippen molar-refractivity contribution < 1.29 is 4.52 Å². The minimum absolute atomic E-state index is 0.362. The Morgan fingerprint density at radius 2 is 1.92 bits per heavy atom. The van der Waals surface area contributed by atoms with E-state index in [2.05, 4.69) is 5.16 Å². The summed E-state index contributed by atoms with van der Waals surface area (Å²) in [6, 6.07) is 9.77. The molecule has 0 amide bonds. The molecule has 2 rings (SSSR count). The predicted molar refractivity (Wildman–Crippen MR) is 46.4 cm³/mol. The number of nitrogens with two attached hydrogens (primary N) is 1. The van der Waals surface area contributed by atoms with Gasteiger partial charge in [0, 0.05) is 0 Å². The van der Waals surface area contributed by atoms with Crippen LogP contribution in [0.25, 0.3) is 11.1 Å². The van der Waals surface area contributed by atoms with E-state index in [1.54, 1.807) is 6.20 Å². The van der Waals surface area contributed by atoms with Crippen LogP contribution in [0, 0.1) is 0 Å². The second-order valence-corrected chi connectivity index (χ2v) is 2.47. The molecule has 1 aromatic heterocycles.